The third kappa shape index (κ3) is 4.89. The summed E-state index contributed by atoms with van der Waals surface area (Å²) >= 11 is 13.8. The molecule has 3 aromatic carbocycles. The van der Waals surface area contributed by atoms with Crippen LogP contribution in [0.3, 0.4) is 0 Å². The molecule has 0 radical (unpaired) electrons. The summed E-state index contributed by atoms with van der Waals surface area (Å²) in [5, 5.41) is 1.50. The predicted octanol–water partition coefficient (Wildman–Crippen LogP) is 7.02. The molecule has 0 aliphatic rings. The van der Waals surface area contributed by atoms with Crippen molar-refractivity contribution >= 4 is 46.0 Å². The number of aryl methyl sites for hydroxylation is 1. The first-order chi connectivity index (χ1) is 14.1. The second-order valence-corrected chi connectivity index (χ2v) is 8.56. The molecule has 0 fully saturated rings. The molecule has 1 aromatic heterocycles. The molecule has 0 saturated carbocycles. The fraction of sp³-hybridized carbons (Fsp3) is 0.174. The van der Waals surface area contributed by atoms with Gasteiger partial charge in [-0.1, -0.05) is 35.3 Å². The Bertz CT molecular complexity index is 1130. The van der Waals surface area contributed by atoms with Crippen molar-refractivity contribution in [2.45, 2.75) is 24.1 Å². The number of halogens is 2. The number of para-hydroxylation sites is 2. The van der Waals surface area contributed by atoms with Crippen LogP contribution in [-0.4, -0.2) is 16.2 Å². The monoisotopic (exact) mass is 442 g/mol. The van der Waals surface area contributed by atoms with Gasteiger partial charge in [0.05, 0.1) is 23.3 Å². The molecule has 4 rings (SSSR count). The van der Waals surface area contributed by atoms with Gasteiger partial charge in [-0.3, -0.25) is 0 Å². The van der Waals surface area contributed by atoms with E-state index in [-0.39, 0.29) is 0 Å². The average molecular weight is 443 g/mol. The number of fused-ring (bicyclic) bond motifs is 1. The third-order valence-electron chi connectivity index (χ3n) is 4.63. The van der Waals surface area contributed by atoms with Crippen LogP contribution in [-0.2, 0) is 12.3 Å². The van der Waals surface area contributed by atoms with Crippen molar-refractivity contribution in [3.05, 3.63) is 88.2 Å². The third-order valence-corrected chi connectivity index (χ3v) is 6.31. The Morgan fingerprint density at radius 1 is 1.00 bits per heavy atom. The van der Waals surface area contributed by atoms with Gasteiger partial charge in [-0.15, -0.1) is 11.8 Å². The van der Waals surface area contributed by atoms with E-state index in [9.17, 15) is 0 Å². The molecule has 148 valence electrons. The highest BCUT2D eigenvalue weighted by Gasteiger charge is 2.11. The number of aromatic nitrogens is 2. The fourth-order valence-electron chi connectivity index (χ4n) is 3.13. The van der Waals surface area contributed by atoms with Gasteiger partial charge in [0.1, 0.15) is 18.2 Å². The molecule has 0 bridgehead atoms. The van der Waals surface area contributed by atoms with Crippen LogP contribution in [0.5, 0.6) is 5.75 Å². The van der Waals surface area contributed by atoms with Crippen molar-refractivity contribution in [3.63, 3.8) is 0 Å². The van der Waals surface area contributed by atoms with Crippen LogP contribution < -0.4 is 4.74 Å². The summed E-state index contributed by atoms with van der Waals surface area (Å²) in [7, 11) is 0. The number of imidazole rings is 1. The number of hydrogen-bond acceptors (Lipinski definition) is 3. The first-order valence-electron chi connectivity index (χ1n) is 9.31. The fourth-order valence-corrected chi connectivity index (χ4v) is 4.21. The topological polar surface area (TPSA) is 27.1 Å². The van der Waals surface area contributed by atoms with Gasteiger partial charge in [-0.25, -0.2) is 4.98 Å². The number of rotatable bonds is 7. The minimum atomic E-state index is 0.556. The maximum Gasteiger partial charge on any atom is 0.120 e. The van der Waals surface area contributed by atoms with E-state index in [2.05, 4.69) is 10.6 Å². The van der Waals surface area contributed by atoms with Gasteiger partial charge in [0.25, 0.3) is 0 Å². The van der Waals surface area contributed by atoms with E-state index in [0.29, 0.717) is 6.61 Å². The van der Waals surface area contributed by atoms with Gasteiger partial charge in [0, 0.05) is 14.9 Å². The molecule has 0 amide bonds. The summed E-state index contributed by atoms with van der Waals surface area (Å²) < 4.78 is 8.20. The standard InChI is InChI=1S/C23H20Cl2N2OS/c1-16-14-18(8-11-20(16)25)28-13-12-27-22-5-3-2-4-21(22)26-23(27)15-29-19-9-6-17(24)7-10-19/h2-11,14H,12-13,15H2,1H3. The van der Waals surface area contributed by atoms with Gasteiger partial charge in [-0.2, -0.15) is 0 Å². The molecular formula is C23H20Cl2N2OS. The Labute approximate surface area is 184 Å². The summed E-state index contributed by atoms with van der Waals surface area (Å²) in [6.45, 7) is 3.25. The zero-order chi connectivity index (χ0) is 20.2. The van der Waals surface area contributed by atoms with Crippen molar-refractivity contribution in [1.29, 1.82) is 0 Å². The summed E-state index contributed by atoms with van der Waals surface area (Å²) in [4.78, 5) is 6.01. The van der Waals surface area contributed by atoms with Crippen molar-refractivity contribution in [2.75, 3.05) is 6.61 Å². The van der Waals surface area contributed by atoms with Gasteiger partial charge < -0.3 is 9.30 Å². The maximum absolute atomic E-state index is 6.10. The van der Waals surface area contributed by atoms with E-state index in [4.69, 9.17) is 32.9 Å². The lowest BCUT2D eigenvalue weighted by molar-refractivity contribution is 0.298. The van der Waals surface area contributed by atoms with Crippen LogP contribution in [0.2, 0.25) is 10.0 Å². The molecule has 0 N–H and O–H groups in total. The van der Waals surface area contributed by atoms with Crippen LogP contribution in [0.1, 0.15) is 11.4 Å². The second kappa shape index (κ2) is 9.12. The molecule has 1 heterocycles. The SMILES string of the molecule is Cc1cc(OCCn2c(CSc3ccc(Cl)cc3)nc3ccccc32)ccc1Cl. The molecule has 4 aromatic rings. The molecule has 0 aliphatic carbocycles. The number of nitrogens with zero attached hydrogens (tertiary/aromatic N) is 2. The molecule has 6 heteroatoms. The van der Waals surface area contributed by atoms with Crippen molar-refractivity contribution in [1.82, 2.24) is 9.55 Å². The zero-order valence-corrected chi connectivity index (χ0v) is 18.3. The smallest absolute Gasteiger partial charge is 0.120 e. The van der Waals surface area contributed by atoms with E-state index in [1.54, 1.807) is 11.8 Å². The van der Waals surface area contributed by atoms with Crippen molar-refractivity contribution < 1.29 is 4.74 Å². The average Bonchev–Trinajstić information content (AvgIpc) is 3.08. The Kier molecular flexibility index (Phi) is 6.34. The van der Waals surface area contributed by atoms with Crippen LogP contribution in [0.4, 0.5) is 0 Å². The van der Waals surface area contributed by atoms with E-state index in [1.807, 2.05) is 67.6 Å². The Hall–Kier alpha value is -2.14. The molecule has 0 spiro atoms. The van der Waals surface area contributed by atoms with Crippen molar-refractivity contribution in [2.24, 2.45) is 0 Å². The molecule has 29 heavy (non-hydrogen) atoms. The summed E-state index contributed by atoms with van der Waals surface area (Å²) in [5.74, 6) is 2.63. The predicted molar refractivity (Wildman–Crippen MR) is 122 cm³/mol. The lowest BCUT2D eigenvalue weighted by Crippen LogP contribution is -2.11. The normalized spacial score (nSPS) is 11.1. The quantitative estimate of drug-likeness (QED) is 0.287. The summed E-state index contributed by atoms with van der Waals surface area (Å²) in [6.07, 6.45) is 0. The Morgan fingerprint density at radius 3 is 2.59 bits per heavy atom. The van der Waals surface area contributed by atoms with Crippen LogP contribution in [0.15, 0.2) is 71.6 Å². The Morgan fingerprint density at radius 2 is 1.79 bits per heavy atom. The minimum absolute atomic E-state index is 0.556. The highest BCUT2D eigenvalue weighted by atomic mass is 35.5. The summed E-state index contributed by atoms with van der Waals surface area (Å²) in [5.41, 5.74) is 3.13. The molecule has 0 unspecified atom stereocenters. The van der Waals surface area contributed by atoms with Gasteiger partial charge in [0.15, 0.2) is 0 Å². The van der Waals surface area contributed by atoms with Gasteiger partial charge >= 0.3 is 0 Å². The second-order valence-electron chi connectivity index (χ2n) is 6.67. The molecular weight excluding hydrogens is 423 g/mol. The van der Waals surface area contributed by atoms with Gasteiger partial charge in [0.2, 0.25) is 0 Å². The van der Waals surface area contributed by atoms with E-state index >= 15 is 0 Å². The highest BCUT2D eigenvalue weighted by Crippen LogP contribution is 2.26. The zero-order valence-electron chi connectivity index (χ0n) is 15.9. The largest absolute Gasteiger partial charge is 0.492 e. The lowest BCUT2D eigenvalue weighted by Gasteiger charge is -2.11. The molecule has 0 saturated heterocycles. The molecule has 0 aliphatic heterocycles. The first-order valence-corrected chi connectivity index (χ1v) is 11.1. The maximum atomic E-state index is 6.10. The van der Waals surface area contributed by atoms with Crippen LogP contribution in [0, 0.1) is 6.92 Å². The number of hydrogen-bond donors (Lipinski definition) is 0. The highest BCUT2D eigenvalue weighted by molar-refractivity contribution is 7.98. The Balaban J connectivity index is 1.49. The number of thioether (sulfide) groups is 1. The van der Waals surface area contributed by atoms with Crippen LogP contribution in [0.25, 0.3) is 11.0 Å². The molecule has 0 atom stereocenters. The lowest BCUT2D eigenvalue weighted by atomic mass is 10.2. The minimum Gasteiger partial charge on any atom is -0.492 e. The van der Waals surface area contributed by atoms with E-state index < -0.39 is 0 Å². The van der Waals surface area contributed by atoms with E-state index in [0.717, 1.165) is 50.5 Å². The number of benzene rings is 3. The van der Waals surface area contributed by atoms with Crippen LogP contribution >= 0.6 is 35.0 Å². The first kappa shape index (κ1) is 20.1. The van der Waals surface area contributed by atoms with Crippen molar-refractivity contribution in [3.8, 4) is 5.75 Å². The number of ether oxygens (including phenoxy) is 1. The van der Waals surface area contributed by atoms with E-state index in [1.165, 1.54) is 4.90 Å². The van der Waals surface area contributed by atoms with Gasteiger partial charge in [-0.05, 0) is 67.1 Å². The summed E-state index contributed by atoms with van der Waals surface area (Å²) in [6, 6.07) is 21.8. The molecule has 3 nitrogen and oxygen atoms in total.